The Hall–Kier alpha value is -1.13. The summed E-state index contributed by atoms with van der Waals surface area (Å²) in [4.78, 5) is 0.322. The molecule has 1 N–H and O–H groups in total. The average molecular weight is 253 g/mol. The molecule has 0 bridgehead atoms. The molecule has 94 valence electrons. The number of sulfonamides is 1. The highest BCUT2D eigenvalue weighted by Crippen LogP contribution is 2.09. The number of rotatable bonds is 6. The lowest BCUT2D eigenvalue weighted by Crippen LogP contribution is -2.24. The molecule has 0 aromatic heterocycles. The zero-order chi connectivity index (χ0) is 12.7. The van der Waals surface area contributed by atoms with Gasteiger partial charge < -0.3 is 0 Å². The fourth-order valence-corrected chi connectivity index (χ4v) is 2.41. The predicted octanol–water partition coefficient (Wildman–Crippen LogP) is 2.63. The van der Waals surface area contributed by atoms with Crippen molar-refractivity contribution in [1.29, 1.82) is 0 Å². The summed E-state index contributed by atoms with van der Waals surface area (Å²) in [6, 6.07) is 6.84. The van der Waals surface area contributed by atoms with E-state index >= 15 is 0 Å². The molecule has 0 unspecified atom stereocenters. The number of hydrogen-bond donors (Lipinski definition) is 1. The van der Waals surface area contributed by atoms with Crippen LogP contribution in [0.5, 0.6) is 0 Å². The zero-order valence-electron chi connectivity index (χ0n) is 10.3. The lowest BCUT2D eigenvalue weighted by Gasteiger charge is -2.05. The summed E-state index contributed by atoms with van der Waals surface area (Å²) in [5, 5.41) is 0. The van der Waals surface area contributed by atoms with Gasteiger partial charge in [0.2, 0.25) is 10.0 Å². The molecule has 1 rings (SSSR count). The summed E-state index contributed by atoms with van der Waals surface area (Å²) in [6.45, 7) is 4.42. The van der Waals surface area contributed by atoms with Crippen LogP contribution in [0, 0.1) is 6.92 Å². The van der Waals surface area contributed by atoms with E-state index < -0.39 is 10.0 Å². The Morgan fingerprint density at radius 1 is 1.18 bits per heavy atom. The van der Waals surface area contributed by atoms with E-state index in [2.05, 4.69) is 4.72 Å². The summed E-state index contributed by atoms with van der Waals surface area (Å²) in [7, 11) is -3.35. The molecule has 3 nitrogen and oxygen atoms in total. The third-order valence-electron chi connectivity index (χ3n) is 2.34. The van der Waals surface area contributed by atoms with E-state index in [1.165, 1.54) is 0 Å². The summed E-state index contributed by atoms with van der Waals surface area (Å²) in [5.74, 6) is 0. The zero-order valence-corrected chi connectivity index (χ0v) is 11.1. The number of benzene rings is 1. The van der Waals surface area contributed by atoms with Gasteiger partial charge in [0.15, 0.2) is 0 Å². The smallest absolute Gasteiger partial charge is 0.211 e. The van der Waals surface area contributed by atoms with Gasteiger partial charge in [0, 0.05) is 6.54 Å². The van der Waals surface area contributed by atoms with Gasteiger partial charge in [0.1, 0.15) is 0 Å². The molecule has 1 aromatic carbocycles. The van der Waals surface area contributed by atoms with Gasteiger partial charge >= 0.3 is 0 Å². The van der Waals surface area contributed by atoms with E-state index in [-0.39, 0.29) is 0 Å². The van der Waals surface area contributed by atoms with Crippen molar-refractivity contribution < 1.29 is 8.42 Å². The van der Waals surface area contributed by atoms with Crippen LogP contribution in [0.4, 0.5) is 0 Å². The number of hydrogen-bond acceptors (Lipinski definition) is 2. The first-order valence-corrected chi connectivity index (χ1v) is 7.26. The Morgan fingerprint density at radius 3 is 2.41 bits per heavy atom. The minimum absolute atomic E-state index is 0.322. The Morgan fingerprint density at radius 2 is 1.82 bits per heavy atom. The summed E-state index contributed by atoms with van der Waals surface area (Å²) >= 11 is 0. The maximum Gasteiger partial charge on any atom is 0.240 e. The second kappa shape index (κ2) is 6.57. The van der Waals surface area contributed by atoms with Crippen molar-refractivity contribution in [1.82, 2.24) is 4.72 Å². The standard InChI is InChI=1S/C13H19NO2S/c1-3-4-5-6-11-14-17(15,16)13-9-7-12(2)8-10-13/h4-5,7-10,14H,3,6,11H2,1-2H3/b5-4-. The van der Waals surface area contributed by atoms with Gasteiger partial charge in [-0.2, -0.15) is 0 Å². The van der Waals surface area contributed by atoms with Crippen molar-refractivity contribution in [2.24, 2.45) is 0 Å². The van der Waals surface area contributed by atoms with E-state index in [9.17, 15) is 8.42 Å². The van der Waals surface area contributed by atoms with Crippen molar-refractivity contribution in [2.45, 2.75) is 31.6 Å². The maximum absolute atomic E-state index is 11.8. The second-order valence-electron chi connectivity index (χ2n) is 3.88. The van der Waals surface area contributed by atoms with Crippen molar-refractivity contribution >= 4 is 10.0 Å². The van der Waals surface area contributed by atoms with Crippen molar-refractivity contribution in [3.05, 3.63) is 42.0 Å². The van der Waals surface area contributed by atoms with Gasteiger partial charge in [-0.25, -0.2) is 13.1 Å². The lowest BCUT2D eigenvalue weighted by molar-refractivity contribution is 0.582. The first-order chi connectivity index (χ1) is 8.06. The molecule has 17 heavy (non-hydrogen) atoms. The van der Waals surface area contributed by atoms with E-state index in [0.29, 0.717) is 11.4 Å². The monoisotopic (exact) mass is 253 g/mol. The summed E-state index contributed by atoms with van der Waals surface area (Å²) in [6.07, 6.45) is 5.71. The molecule has 0 atom stereocenters. The number of aryl methyl sites for hydroxylation is 1. The van der Waals surface area contributed by atoms with Crippen LogP contribution in [0.25, 0.3) is 0 Å². The minimum Gasteiger partial charge on any atom is -0.211 e. The topological polar surface area (TPSA) is 46.2 Å². The third kappa shape index (κ3) is 4.71. The summed E-state index contributed by atoms with van der Waals surface area (Å²) < 4.78 is 26.3. The molecule has 0 spiro atoms. The van der Waals surface area contributed by atoms with E-state index in [1.54, 1.807) is 24.3 Å². The van der Waals surface area contributed by atoms with Crippen LogP contribution in [-0.4, -0.2) is 15.0 Å². The van der Waals surface area contributed by atoms with Crippen LogP contribution < -0.4 is 4.72 Å². The van der Waals surface area contributed by atoms with Crippen LogP contribution >= 0.6 is 0 Å². The Balaban J connectivity index is 2.57. The van der Waals surface area contributed by atoms with Gasteiger partial charge in [-0.15, -0.1) is 0 Å². The molecule has 0 saturated carbocycles. The highest BCUT2D eigenvalue weighted by atomic mass is 32.2. The number of nitrogens with one attached hydrogen (secondary N) is 1. The molecule has 0 heterocycles. The van der Waals surface area contributed by atoms with E-state index in [1.807, 2.05) is 26.0 Å². The highest BCUT2D eigenvalue weighted by molar-refractivity contribution is 7.89. The van der Waals surface area contributed by atoms with Crippen LogP contribution in [0.15, 0.2) is 41.3 Å². The lowest BCUT2D eigenvalue weighted by atomic mass is 10.2. The maximum atomic E-state index is 11.8. The van der Waals surface area contributed by atoms with Crippen LogP contribution in [0.3, 0.4) is 0 Å². The molecular weight excluding hydrogens is 234 g/mol. The largest absolute Gasteiger partial charge is 0.240 e. The van der Waals surface area contributed by atoms with Gasteiger partial charge in [0.25, 0.3) is 0 Å². The van der Waals surface area contributed by atoms with Crippen LogP contribution in [-0.2, 0) is 10.0 Å². The molecule has 4 heteroatoms. The molecular formula is C13H19NO2S. The SMILES string of the molecule is CC/C=C\CCNS(=O)(=O)c1ccc(C)cc1. The molecule has 0 aliphatic rings. The van der Waals surface area contributed by atoms with Crippen molar-refractivity contribution in [3.63, 3.8) is 0 Å². The second-order valence-corrected chi connectivity index (χ2v) is 5.65. The number of allylic oxidation sites excluding steroid dienone is 1. The van der Waals surface area contributed by atoms with E-state index in [0.717, 1.165) is 18.4 Å². The Kier molecular flexibility index (Phi) is 5.38. The fraction of sp³-hybridized carbons (Fsp3) is 0.385. The van der Waals surface area contributed by atoms with Gasteiger partial charge in [-0.05, 0) is 31.9 Å². The van der Waals surface area contributed by atoms with Gasteiger partial charge in [-0.1, -0.05) is 36.8 Å². The molecule has 0 aliphatic carbocycles. The molecule has 0 amide bonds. The quantitative estimate of drug-likeness (QED) is 0.626. The molecule has 0 aliphatic heterocycles. The first-order valence-electron chi connectivity index (χ1n) is 5.77. The van der Waals surface area contributed by atoms with Crippen LogP contribution in [0.2, 0.25) is 0 Å². The molecule has 0 saturated heterocycles. The first kappa shape index (κ1) is 13.9. The Bertz CT molecular complexity index is 461. The van der Waals surface area contributed by atoms with Gasteiger partial charge in [-0.3, -0.25) is 0 Å². The molecule has 1 aromatic rings. The molecule has 0 fully saturated rings. The normalized spacial score (nSPS) is 12.1. The Labute approximate surface area is 104 Å². The fourth-order valence-electron chi connectivity index (χ4n) is 1.36. The summed E-state index contributed by atoms with van der Waals surface area (Å²) in [5.41, 5.74) is 1.05. The highest BCUT2D eigenvalue weighted by Gasteiger charge is 2.11. The van der Waals surface area contributed by atoms with E-state index in [4.69, 9.17) is 0 Å². The minimum atomic E-state index is -3.35. The average Bonchev–Trinajstić information content (AvgIpc) is 2.29. The van der Waals surface area contributed by atoms with Crippen molar-refractivity contribution in [3.8, 4) is 0 Å². The molecule has 0 radical (unpaired) electrons. The van der Waals surface area contributed by atoms with Gasteiger partial charge in [0.05, 0.1) is 4.90 Å². The predicted molar refractivity (Wildman–Crippen MR) is 70.4 cm³/mol. The van der Waals surface area contributed by atoms with Crippen LogP contribution in [0.1, 0.15) is 25.3 Å². The third-order valence-corrected chi connectivity index (χ3v) is 3.81. The van der Waals surface area contributed by atoms with Crippen molar-refractivity contribution in [2.75, 3.05) is 6.54 Å².